The summed E-state index contributed by atoms with van der Waals surface area (Å²) in [5.41, 5.74) is 2.29. The third kappa shape index (κ3) is 8.91. The predicted octanol–water partition coefficient (Wildman–Crippen LogP) is 7.97. The van der Waals surface area contributed by atoms with E-state index in [1.165, 1.54) is 0 Å². The minimum Gasteiger partial charge on any atom is -0.462 e. The van der Waals surface area contributed by atoms with Gasteiger partial charge in [0.15, 0.2) is 8.32 Å². The number of cyclic esters (lactones) is 1. The molecule has 1 aliphatic heterocycles. The summed E-state index contributed by atoms with van der Waals surface area (Å²) in [6.45, 7) is 17.4. The van der Waals surface area contributed by atoms with E-state index >= 15 is 0 Å². The Morgan fingerprint density at radius 3 is 2.16 bits per heavy atom. The van der Waals surface area contributed by atoms with E-state index in [1.807, 2.05) is 36.4 Å². The fraction of sp³-hybridized carbons (Fsp3) is 0.595. The van der Waals surface area contributed by atoms with E-state index < -0.39 is 8.32 Å². The van der Waals surface area contributed by atoms with Gasteiger partial charge in [0.2, 0.25) is 0 Å². The van der Waals surface area contributed by atoms with Crippen LogP contribution in [0.5, 0.6) is 0 Å². The molecule has 1 heterocycles. The number of methoxy groups -OCH3 is 1. The van der Waals surface area contributed by atoms with E-state index in [-0.39, 0.29) is 59.1 Å². The van der Waals surface area contributed by atoms with Crippen molar-refractivity contribution in [2.24, 2.45) is 23.7 Å². The second-order valence-electron chi connectivity index (χ2n) is 14.3. The molecule has 44 heavy (non-hydrogen) atoms. The highest BCUT2D eigenvalue weighted by Gasteiger charge is 2.49. The first-order valence-corrected chi connectivity index (χ1v) is 19.2. The molecule has 0 N–H and O–H groups in total. The summed E-state index contributed by atoms with van der Waals surface area (Å²) in [4.78, 5) is 13.4. The number of hydrogen-bond donors (Lipinski definition) is 0. The van der Waals surface area contributed by atoms with Crippen molar-refractivity contribution in [3.63, 3.8) is 0 Å². The summed E-state index contributed by atoms with van der Waals surface area (Å²) in [5.74, 6) is -0.0978. The molecular weight excluding hydrogens is 568 g/mol. The predicted molar refractivity (Wildman–Crippen MR) is 178 cm³/mol. The summed E-state index contributed by atoms with van der Waals surface area (Å²) >= 11 is 0. The molecule has 1 aliphatic carbocycles. The van der Waals surface area contributed by atoms with E-state index in [9.17, 15) is 4.79 Å². The maximum absolute atomic E-state index is 13.4. The second kappa shape index (κ2) is 15.3. The van der Waals surface area contributed by atoms with Gasteiger partial charge in [0.05, 0.1) is 37.9 Å². The molecule has 1 fully saturated rings. The standard InChI is InChI=1S/C37H54O6Si/c1-26(23-40-24-28-15-11-9-12-16-28)32(43-44(7,8)37(3,4)5)22-33-27(2)35(36(38)42-33)30-19-20-31(34(21-30)39-6)41-25-29-17-13-10-14-18-29/h9-20,26-27,30-35H,21-25H2,1-8H3/t26-,27+,30-,31-,32+,33+,34-,35?/m1/s1. The summed E-state index contributed by atoms with van der Waals surface area (Å²) < 4.78 is 31.4. The molecule has 0 bridgehead atoms. The van der Waals surface area contributed by atoms with Crippen LogP contribution in [0.4, 0.5) is 0 Å². The Morgan fingerprint density at radius 1 is 0.955 bits per heavy atom. The second-order valence-corrected chi connectivity index (χ2v) is 19.1. The van der Waals surface area contributed by atoms with Crippen LogP contribution in [0.2, 0.25) is 18.1 Å². The van der Waals surface area contributed by atoms with Crippen molar-refractivity contribution in [1.82, 2.24) is 0 Å². The normalized spacial score (nSPS) is 27.2. The van der Waals surface area contributed by atoms with Crippen molar-refractivity contribution in [2.75, 3.05) is 13.7 Å². The van der Waals surface area contributed by atoms with Crippen LogP contribution in [0, 0.1) is 23.7 Å². The summed E-state index contributed by atoms with van der Waals surface area (Å²) in [6.07, 6.45) is 5.06. The van der Waals surface area contributed by atoms with Crippen LogP contribution in [0.15, 0.2) is 72.8 Å². The molecule has 0 aromatic heterocycles. The maximum atomic E-state index is 13.4. The third-order valence-corrected chi connectivity index (χ3v) is 14.5. The lowest BCUT2D eigenvalue weighted by molar-refractivity contribution is -0.146. The molecule has 1 saturated heterocycles. The van der Waals surface area contributed by atoms with Crippen molar-refractivity contribution in [1.29, 1.82) is 0 Å². The first-order valence-electron chi connectivity index (χ1n) is 16.3. The molecule has 0 saturated carbocycles. The van der Waals surface area contributed by atoms with Crippen LogP contribution in [0.1, 0.15) is 58.6 Å². The lowest BCUT2D eigenvalue weighted by atomic mass is 9.75. The van der Waals surface area contributed by atoms with E-state index in [0.29, 0.717) is 26.2 Å². The zero-order valence-electron chi connectivity index (χ0n) is 28.0. The number of carbonyl (C=O) groups is 1. The van der Waals surface area contributed by atoms with Crippen molar-refractivity contribution in [3.8, 4) is 0 Å². The number of esters is 1. The van der Waals surface area contributed by atoms with Gasteiger partial charge in [0.25, 0.3) is 0 Å². The van der Waals surface area contributed by atoms with Crippen LogP contribution >= 0.6 is 0 Å². The fourth-order valence-electron chi connectivity index (χ4n) is 6.12. The fourth-order valence-corrected chi connectivity index (χ4v) is 7.56. The van der Waals surface area contributed by atoms with Crippen molar-refractivity contribution in [2.45, 2.75) is 103 Å². The summed E-state index contributed by atoms with van der Waals surface area (Å²) in [6, 6.07) is 20.4. The Balaban J connectivity index is 1.42. The van der Waals surface area contributed by atoms with Gasteiger partial charge in [-0.2, -0.15) is 0 Å². The first kappa shape index (κ1) is 34.6. The van der Waals surface area contributed by atoms with E-state index in [0.717, 1.165) is 17.5 Å². The smallest absolute Gasteiger partial charge is 0.310 e. The van der Waals surface area contributed by atoms with Gasteiger partial charge in [0, 0.05) is 25.4 Å². The largest absolute Gasteiger partial charge is 0.462 e. The van der Waals surface area contributed by atoms with Gasteiger partial charge in [-0.1, -0.05) is 107 Å². The highest BCUT2D eigenvalue weighted by atomic mass is 28.4. The average Bonchev–Trinajstić information content (AvgIpc) is 3.27. The van der Waals surface area contributed by atoms with Gasteiger partial charge in [-0.3, -0.25) is 4.79 Å². The molecular formula is C37H54O6Si. The summed E-state index contributed by atoms with van der Waals surface area (Å²) in [5, 5.41) is 0.0670. The maximum Gasteiger partial charge on any atom is 0.310 e. The SMILES string of the molecule is CO[C@@H]1C[C@H](C2C(=O)O[C@@H](C[C@H](O[Si](C)(C)C(C)(C)C)[C@H](C)COCc3ccccc3)[C@@H]2C)C=C[C@H]1OCc1ccccc1. The molecule has 0 radical (unpaired) electrons. The topological polar surface area (TPSA) is 63.2 Å². The molecule has 4 rings (SSSR count). The highest BCUT2D eigenvalue weighted by molar-refractivity contribution is 6.74. The van der Waals surface area contributed by atoms with Gasteiger partial charge in [-0.15, -0.1) is 0 Å². The van der Waals surface area contributed by atoms with Crippen molar-refractivity contribution in [3.05, 3.63) is 83.9 Å². The van der Waals surface area contributed by atoms with Crippen LogP contribution < -0.4 is 0 Å². The zero-order chi connectivity index (χ0) is 31.9. The number of rotatable bonds is 14. The quantitative estimate of drug-likeness (QED) is 0.121. The molecule has 6 nitrogen and oxygen atoms in total. The minimum absolute atomic E-state index is 0.0374. The first-order chi connectivity index (χ1) is 20.9. The Labute approximate surface area is 266 Å². The van der Waals surface area contributed by atoms with Crippen LogP contribution in [-0.4, -0.2) is 52.4 Å². The third-order valence-electron chi connectivity index (χ3n) is 10.0. The van der Waals surface area contributed by atoms with E-state index in [4.69, 9.17) is 23.4 Å². The molecule has 2 aliphatic rings. The van der Waals surface area contributed by atoms with Gasteiger partial charge in [0.1, 0.15) is 12.2 Å². The van der Waals surface area contributed by atoms with Crippen LogP contribution in [0.25, 0.3) is 0 Å². The molecule has 2 aromatic rings. The molecule has 8 atom stereocenters. The van der Waals surface area contributed by atoms with E-state index in [1.54, 1.807) is 7.11 Å². The number of ether oxygens (including phenoxy) is 4. The lowest BCUT2D eigenvalue weighted by Gasteiger charge is -2.41. The average molecular weight is 623 g/mol. The van der Waals surface area contributed by atoms with Gasteiger partial charge < -0.3 is 23.4 Å². The summed E-state index contributed by atoms with van der Waals surface area (Å²) in [7, 11) is -0.361. The Bertz CT molecular complexity index is 1190. The van der Waals surface area contributed by atoms with Gasteiger partial charge in [-0.05, 0) is 41.6 Å². The zero-order valence-corrected chi connectivity index (χ0v) is 29.0. The molecule has 2 aromatic carbocycles. The number of benzene rings is 2. The highest BCUT2D eigenvalue weighted by Crippen LogP contribution is 2.43. The van der Waals surface area contributed by atoms with Crippen LogP contribution in [0.3, 0.4) is 0 Å². The van der Waals surface area contributed by atoms with Gasteiger partial charge >= 0.3 is 5.97 Å². The van der Waals surface area contributed by atoms with Crippen molar-refractivity contribution < 1.29 is 28.2 Å². The Hall–Kier alpha value is -2.29. The Morgan fingerprint density at radius 2 is 1.57 bits per heavy atom. The number of carbonyl (C=O) groups excluding carboxylic acids is 1. The molecule has 7 heteroatoms. The molecule has 1 unspecified atom stereocenters. The van der Waals surface area contributed by atoms with Gasteiger partial charge in [-0.25, -0.2) is 0 Å². The number of hydrogen-bond acceptors (Lipinski definition) is 6. The Kier molecular flexibility index (Phi) is 12.0. The molecule has 242 valence electrons. The number of allylic oxidation sites excluding steroid dienone is 1. The van der Waals surface area contributed by atoms with Crippen LogP contribution in [-0.2, 0) is 41.4 Å². The molecule has 0 spiro atoms. The van der Waals surface area contributed by atoms with E-state index in [2.05, 4.69) is 84.1 Å². The molecule has 0 amide bonds. The van der Waals surface area contributed by atoms with Crippen molar-refractivity contribution >= 4 is 14.3 Å². The lowest BCUT2D eigenvalue weighted by Crippen LogP contribution is -2.47. The monoisotopic (exact) mass is 622 g/mol. The minimum atomic E-state index is -2.09.